The number of benzene rings is 2. The number of furan rings is 1. The van der Waals surface area contributed by atoms with Gasteiger partial charge in [-0.25, -0.2) is 4.39 Å². The van der Waals surface area contributed by atoms with Gasteiger partial charge < -0.3 is 9.52 Å². The predicted molar refractivity (Wildman–Crippen MR) is 106 cm³/mol. The van der Waals surface area contributed by atoms with Gasteiger partial charge in [0.25, 0.3) is 11.7 Å². The number of aliphatic hydroxyl groups excluding tert-OH is 1. The normalized spacial score (nSPS) is 18.4. The van der Waals surface area contributed by atoms with Gasteiger partial charge in [0.15, 0.2) is 0 Å². The summed E-state index contributed by atoms with van der Waals surface area (Å²) in [6.45, 7) is 0. The molecule has 1 amide bonds. The molecule has 0 bridgehead atoms. The zero-order valence-corrected chi connectivity index (χ0v) is 16.1. The minimum Gasteiger partial charge on any atom is -0.507 e. The fraction of sp³-hybridized carbons (Fsp3) is 0.0476. The van der Waals surface area contributed by atoms with Crippen LogP contribution in [0.3, 0.4) is 0 Å². The Morgan fingerprint density at radius 1 is 1.03 bits per heavy atom. The maximum Gasteiger partial charge on any atom is 0.300 e. The number of halogens is 3. The second-order valence-electron chi connectivity index (χ2n) is 6.29. The molecule has 1 aliphatic rings. The Balaban J connectivity index is 1.94. The second kappa shape index (κ2) is 7.39. The second-order valence-corrected chi connectivity index (χ2v) is 7.11. The number of nitrogens with zero attached hydrogens (tertiary/aromatic N) is 1. The van der Waals surface area contributed by atoms with Crippen molar-refractivity contribution < 1.29 is 23.5 Å². The molecule has 1 fully saturated rings. The smallest absolute Gasteiger partial charge is 0.300 e. The molecule has 0 saturated carbocycles. The molecule has 1 aromatic heterocycles. The van der Waals surface area contributed by atoms with Crippen LogP contribution in [-0.2, 0) is 9.59 Å². The predicted octanol–water partition coefficient (Wildman–Crippen LogP) is 5.35. The van der Waals surface area contributed by atoms with Gasteiger partial charge in [-0.3, -0.25) is 14.5 Å². The number of aliphatic hydroxyl groups is 1. The summed E-state index contributed by atoms with van der Waals surface area (Å²) in [6, 6.07) is 11.6. The first-order valence-electron chi connectivity index (χ1n) is 8.44. The third-order valence-electron chi connectivity index (χ3n) is 4.54. The summed E-state index contributed by atoms with van der Waals surface area (Å²) in [6.07, 6.45) is 1.38. The number of Topliss-reactive ketones (excluding diaryl/α,β-unsaturated/α-hetero) is 1. The lowest BCUT2D eigenvalue weighted by Crippen LogP contribution is -2.29. The van der Waals surface area contributed by atoms with Crippen molar-refractivity contribution in [2.24, 2.45) is 0 Å². The molecule has 3 aromatic rings. The standard InChI is InChI=1S/C21H12Cl2FNO4/c22-14-7-6-11(9-15(14)23)19(26)17-18(16-5-2-8-29-16)25(21(28)20(17)27)13-4-1-3-12(24)10-13/h1-10,18,26H/b19-17-. The van der Waals surface area contributed by atoms with Crippen molar-refractivity contribution >= 4 is 46.3 Å². The Morgan fingerprint density at radius 3 is 2.48 bits per heavy atom. The van der Waals surface area contributed by atoms with E-state index in [2.05, 4.69) is 0 Å². The molecule has 1 atom stereocenters. The van der Waals surface area contributed by atoms with Crippen LogP contribution in [0.1, 0.15) is 17.4 Å². The van der Waals surface area contributed by atoms with E-state index in [0.717, 1.165) is 11.0 Å². The zero-order chi connectivity index (χ0) is 20.7. The molecule has 4 rings (SSSR count). The summed E-state index contributed by atoms with van der Waals surface area (Å²) in [4.78, 5) is 26.7. The first-order valence-corrected chi connectivity index (χ1v) is 9.19. The quantitative estimate of drug-likeness (QED) is 0.344. The van der Waals surface area contributed by atoms with Crippen LogP contribution in [0.15, 0.2) is 70.9 Å². The third-order valence-corrected chi connectivity index (χ3v) is 5.28. The lowest BCUT2D eigenvalue weighted by Gasteiger charge is -2.23. The average molecular weight is 432 g/mol. The topological polar surface area (TPSA) is 70.8 Å². The minimum absolute atomic E-state index is 0.154. The van der Waals surface area contributed by atoms with Crippen LogP contribution in [-0.4, -0.2) is 16.8 Å². The maximum absolute atomic E-state index is 13.8. The van der Waals surface area contributed by atoms with Crippen molar-refractivity contribution in [2.75, 3.05) is 4.90 Å². The Morgan fingerprint density at radius 2 is 1.83 bits per heavy atom. The summed E-state index contributed by atoms with van der Waals surface area (Å²) >= 11 is 11.9. The van der Waals surface area contributed by atoms with E-state index in [1.165, 1.54) is 42.7 Å². The largest absolute Gasteiger partial charge is 0.507 e. The Hall–Kier alpha value is -3.09. The van der Waals surface area contributed by atoms with E-state index >= 15 is 0 Å². The van der Waals surface area contributed by atoms with Gasteiger partial charge in [-0.2, -0.15) is 0 Å². The number of hydrogen-bond donors (Lipinski definition) is 1. The number of carbonyl (C=O) groups is 2. The minimum atomic E-state index is -1.08. The summed E-state index contributed by atoms with van der Waals surface area (Å²) < 4.78 is 19.2. The van der Waals surface area contributed by atoms with Crippen molar-refractivity contribution in [1.29, 1.82) is 0 Å². The highest BCUT2D eigenvalue weighted by Crippen LogP contribution is 2.42. The lowest BCUT2D eigenvalue weighted by atomic mass is 9.99. The van der Waals surface area contributed by atoms with Crippen molar-refractivity contribution in [3.8, 4) is 0 Å². The van der Waals surface area contributed by atoms with Gasteiger partial charge in [0.2, 0.25) is 0 Å². The lowest BCUT2D eigenvalue weighted by molar-refractivity contribution is -0.132. The Kier molecular flexibility index (Phi) is 4.90. The van der Waals surface area contributed by atoms with E-state index in [4.69, 9.17) is 27.6 Å². The third kappa shape index (κ3) is 3.30. The Labute approximate surface area is 174 Å². The first kappa shape index (κ1) is 19.2. The fourth-order valence-corrected chi connectivity index (χ4v) is 3.54. The number of hydrogen-bond acceptors (Lipinski definition) is 4. The van der Waals surface area contributed by atoms with Crippen molar-refractivity contribution in [3.05, 3.63) is 93.6 Å². The molecule has 5 nitrogen and oxygen atoms in total. The van der Waals surface area contributed by atoms with Crippen LogP contribution < -0.4 is 4.90 Å². The molecule has 2 aromatic carbocycles. The number of anilines is 1. The van der Waals surface area contributed by atoms with E-state index in [1.54, 1.807) is 12.1 Å². The average Bonchev–Trinajstić information content (AvgIpc) is 3.31. The van der Waals surface area contributed by atoms with E-state index in [1.807, 2.05) is 0 Å². The molecule has 1 unspecified atom stereocenters. The van der Waals surface area contributed by atoms with Crippen LogP contribution in [0.5, 0.6) is 0 Å². The molecule has 1 aliphatic heterocycles. The molecular formula is C21H12Cl2FNO4. The fourth-order valence-electron chi connectivity index (χ4n) is 3.24. The summed E-state index contributed by atoms with van der Waals surface area (Å²) in [5.74, 6) is -2.64. The van der Waals surface area contributed by atoms with Gasteiger partial charge in [-0.15, -0.1) is 0 Å². The van der Waals surface area contributed by atoms with E-state index in [0.29, 0.717) is 0 Å². The van der Waals surface area contributed by atoms with Gasteiger partial charge in [-0.1, -0.05) is 29.3 Å². The van der Waals surface area contributed by atoms with Crippen molar-refractivity contribution in [2.45, 2.75) is 6.04 Å². The van der Waals surface area contributed by atoms with Crippen molar-refractivity contribution in [3.63, 3.8) is 0 Å². The molecule has 0 aliphatic carbocycles. The Bertz CT molecular complexity index is 1160. The van der Waals surface area contributed by atoms with Crippen LogP contribution in [0.4, 0.5) is 10.1 Å². The van der Waals surface area contributed by atoms with Crippen LogP contribution in [0.25, 0.3) is 5.76 Å². The first-order chi connectivity index (χ1) is 13.9. The van der Waals surface area contributed by atoms with Crippen LogP contribution in [0, 0.1) is 5.82 Å². The zero-order valence-electron chi connectivity index (χ0n) is 14.6. The van der Waals surface area contributed by atoms with Gasteiger partial charge in [0.1, 0.15) is 23.4 Å². The van der Waals surface area contributed by atoms with Gasteiger partial charge in [0.05, 0.1) is 21.9 Å². The van der Waals surface area contributed by atoms with Crippen molar-refractivity contribution in [1.82, 2.24) is 0 Å². The molecule has 1 N–H and O–H groups in total. The van der Waals surface area contributed by atoms with Gasteiger partial charge in [-0.05, 0) is 48.5 Å². The van der Waals surface area contributed by atoms with Crippen LogP contribution in [0.2, 0.25) is 10.0 Å². The molecule has 0 radical (unpaired) electrons. The highest BCUT2D eigenvalue weighted by molar-refractivity contribution is 6.51. The molecule has 2 heterocycles. The molecule has 8 heteroatoms. The maximum atomic E-state index is 13.8. The number of carbonyl (C=O) groups excluding carboxylic acids is 2. The number of ketones is 1. The summed E-state index contributed by atoms with van der Waals surface area (Å²) in [5.41, 5.74) is 0.155. The monoisotopic (exact) mass is 431 g/mol. The molecular weight excluding hydrogens is 420 g/mol. The van der Waals surface area contributed by atoms with E-state index < -0.39 is 29.3 Å². The molecule has 146 valence electrons. The highest BCUT2D eigenvalue weighted by Gasteiger charge is 2.48. The SMILES string of the molecule is O=C1C(=O)N(c2cccc(F)c2)C(c2ccco2)/C1=C(/O)c1ccc(Cl)c(Cl)c1. The highest BCUT2D eigenvalue weighted by atomic mass is 35.5. The number of amides is 1. The number of rotatable bonds is 3. The van der Waals surface area contributed by atoms with Crippen LogP contribution >= 0.6 is 23.2 Å². The molecule has 29 heavy (non-hydrogen) atoms. The molecule has 0 spiro atoms. The summed E-state index contributed by atoms with van der Waals surface area (Å²) in [7, 11) is 0. The van der Waals surface area contributed by atoms with E-state index in [9.17, 15) is 19.1 Å². The van der Waals surface area contributed by atoms with E-state index in [-0.39, 0.29) is 32.6 Å². The molecule has 1 saturated heterocycles. The van der Waals surface area contributed by atoms with Gasteiger partial charge in [0, 0.05) is 11.3 Å². The summed E-state index contributed by atoms with van der Waals surface area (Å²) in [5, 5.41) is 11.3. The van der Waals surface area contributed by atoms with Gasteiger partial charge >= 0.3 is 0 Å².